The van der Waals surface area contributed by atoms with Crippen molar-refractivity contribution in [1.29, 1.82) is 5.26 Å². The molecule has 3 rings (SSSR count). The summed E-state index contributed by atoms with van der Waals surface area (Å²) in [6.07, 6.45) is 1.58. The van der Waals surface area contributed by atoms with Crippen molar-refractivity contribution in [3.63, 3.8) is 0 Å². The first-order valence-electron chi connectivity index (χ1n) is 6.23. The molecule has 0 aliphatic carbocycles. The maximum atomic E-state index is 8.82. The van der Waals surface area contributed by atoms with Crippen LogP contribution in [0.25, 0.3) is 10.2 Å². The minimum Gasteiger partial charge on any atom is -0.363 e. The van der Waals surface area contributed by atoms with Gasteiger partial charge < -0.3 is 5.32 Å². The molecule has 0 unspecified atom stereocenters. The summed E-state index contributed by atoms with van der Waals surface area (Å²) in [7, 11) is 0. The number of aromatic nitrogens is 2. The first-order chi connectivity index (χ1) is 9.78. The van der Waals surface area contributed by atoms with Gasteiger partial charge >= 0.3 is 0 Å². The summed E-state index contributed by atoms with van der Waals surface area (Å²) in [5.74, 6) is 0.841. The number of thiophene rings is 1. The number of benzene rings is 1. The van der Waals surface area contributed by atoms with E-state index in [1.165, 1.54) is 0 Å². The van der Waals surface area contributed by atoms with E-state index in [1.807, 2.05) is 35.7 Å². The molecule has 0 bridgehead atoms. The standard InChI is InChI=1S/C15H12N4S/c1-10(12-4-2-11(8-16)3-5-12)19-14-13-6-7-20-15(13)18-9-17-14/h2-7,9-10H,1H3,(H,17,18,19)/t10-/m0/s1. The monoisotopic (exact) mass is 280 g/mol. The molecule has 0 saturated carbocycles. The zero-order valence-corrected chi connectivity index (χ0v) is 11.7. The van der Waals surface area contributed by atoms with Crippen molar-refractivity contribution in [2.45, 2.75) is 13.0 Å². The molecule has 0 spiro atoms. The fourth-order valence-corrected chi connectivity index (χ4v) is 2.77. The van der Waals surface area contributed by atoms with Gasteiger partial charge in [-0.3, -0.25) is 0 Å². The quantitative estimate of drug-likeness (QED) is 0.794. The smallest absolute Gasteiger partial charge is 0.138 e. The van der Waals surface area contributed by atoms with Gasteiger partial charge in [0.05, 0.1) is 17.0 Å². The first kappa shape index (κ1) is 12.6. The lowest BCUT2D eigenvalue weighted by atomic mass is 10.1. The second kappa shape index (κ2) is 5.27. The third kappa shape index (κ3) is 2.33. The number of fused-ring (bicyclic) bond motifs is 1. The Morgan fingerprint density at radius 1 is 1.20 bits per heavy atom. The van der Waals surface area contributed by atoms with Gasteiger partial charge in [0.2, 0.25) is 0 Å². The van der Waals surface area contributed by atoms with Crippen LogP contribution in [-0.4, -0.2) is 9.97 Å². The SMILES string of the molecule is C[C@H](Nc1ncnc2sccc12)c1ccc(C#N)cc1. The molecule has 1 aromatic carbocycles. The van der Waals surface area contributed by atoms with Gasteiger partial charge in [0.1, 0.15) is 17.0 Å². The summed E-state index contributed by atoms with van der Waals surface area (Å²) in [4.78, 5) is 9.53. The zero-order chi connectivity index (χ0) is 13.9. The molecule has 0 amide bonds. The molecule has 0 saturated heterocycles. The molecule has 2 heterocycles. The number of rotatable bonds is 3. The van der Waals surface area contributed by atoms with E-state index in [9.17, 15) is 0 Å². The minimum atomic E-state index is 0.112. The number of hydrogen-bond acceptors (Lipinski definition) is 5. The number of hydrogen-bond donors (Lipinski definition) is 1. The summed E-state index contributed by atoms with van der Waals surface area (Å²) < 4.78 is 0. The molecule has 2 aromatic heterocycles. The molecule has 1 N–H and O–H groups in total. The average Bonchev–Trinajstić information content (AvgIpc) is 2.97. The van der Waals surface area contributed by atoms with Crippen LogP contribution in [0.15, 0.2) is 42.0 Å². The Morgan fingerprint density at radius 3 is 2.75 bits per heavy atom. The first-order valence-corrected chi connectivity index (χ1v) is 7.10. The van der Waals surface area contributed by atoms with Crippen LogP contribution in [0.4, 0.5) is 5.82 Å². The van der Waals surface area contributed by atoms with Gasteiger partial charge in [-0.15, -0.1) is 11.3 Å². The van der Waals surface area contributed by atoms with Gasteiger partial charge in [0, 0.05) is 6.04 Å². The van der Waals surface area contributed by atoms with Crippen LogP contribution in [0.2, 0.25) is 0 Å². The Labute approximate surface area is 120 Å². The lowest BCUT2D eigenvalue weighted by molar-refractivity contribution is 0.876. The highest BCUT2D eigenvalue weighted by atomic mass is 32.1. The van der Waals surface area contributed by atoms with Crippen molar-refractivity contribution in [2.24, 2.45) is 0 Å². The van der Waals surface area contributed by atoms with E-state index >= 15 is 0 Å². The van der Waals surface area contributed by atoms with E-state index in [0.29, 0.717) is 5.56 Å². The van der Waals surface area contributed by atoms with Gasteiger partial charge in [-0.1, -0.05) is 12.1 Å². The second-order valence-corrected chi connectivity index (χ2v) is 5.36. The van der Waals surface area contributed by atoms with Crippen molar-refractivity contribution in [1.82, 2.24) is 9.97 Å². The van der Waals surface area contributed by atoms with E-state index in [-0.39, 0.29) is 6.04 Å². The molecule has 4 nitrogen and oxygen atoms in total. The molecule has 0 fully saturated rings. The Balaban J connectivity index is 1.86. The predicted octanol–water partition coefficient (Wildman–Crippen LogP) is 3.74. The molecule has 0 aliphatic heterocycles. The van der Waals surface area contributed by atoms with Crippen molar-refractivity contribution < 1.29 is 0 Å². The van der Waals surface area contributed by atoms with Gasteiger partial charge in [-0.2, -0.15) is 5.26 Å². The van der Waals surface area contributed by atoms with E-state index in [2.05, 4.69) is 28.3 Å². The van der Waals surface area contributed by atoms with Gasteiger partial charge in [-0.25, -0.2) is 9.97 Å². The van der Waals surface area contributed by atoms with Crippen molar-refractivity contribution in [3.8, 4) is 6.07 Å². The van der Waals surface area contributed by atoms with Crippen LogP contribution in [-0.2, 0) is 0 Å². The van der Waals surface area contributed by atoms with Crippen molar-refractivity contribution in [2.75, 3.05) is 5.32 Å². The van der Waals surface area contributed by atoms with Gasteiger partial charge in [0.15, 0.2) is 0 Å². The summed E-state index contributed by atoms with van der Waals surface area (Å²) in [6.45, 7) is 2.07. The number of nitrogens with one attached hydrogen (secondary N) is 1. The molecule has 1 atom stereocenters. The summed E-state index contributed by atoms with van der Waals surface area (Å²) >= 11 is 1.60. The van der Waals surface area contributed by atoms with Crippen molar-refractivity contribution >= 4 is 27.4 Å². The van der Waals surface area contributed by atoms with Crippen LogP contribution in [0.1, 0.15) is 24.1 Å². The van der Waals surface area contributed by atoms with E-state index in [0.717, 1.165) is 21.6 Å². The Hall–Kier alpha value is -2.45. The predicted molar refractivity (Wildman–Crippen MR) is 80.6 cm³/mol. The zero-order valence-electron chi connectivity index (χ0n) is 10.9. The van der Waals surface area contributed by atoms with E-state index in [4.69, 9.17) is 5.26 Å². The average molecular weight is 280 g/mol. The molecule has 0 radical (unpaired) electrons. The van der Waals surface area contributed by atoms with Crippen LogP contribution in [0.5, 0.6) is 0 Å². The third-order valence-corrected chi connectivity index (χ3v) is 3.98. The van der Waals surface area contributed by atoms with Gasteiger partial charge in [-0.05, 0) is 36.1 Å². The normalized spacial score (nSPS) is 12.0. The number of anilines is 1. The maximum Gasteiger partial charge on any atom is 0.138 e. The van der Waals surface area contributed by atoms with Crippen LogP contribution < -0.4 is 5.32 Å². The van der Waals surface area contributed by atoms with Crippen LogP contribution in [0, 0.1) is 11.3 Å². The van der Waals surface area contributed by atoms with Crippen LogP contribution >= 0.6 is 11.3 Å². The fourth-order valence-electron chi connectivity index (χ4n) is 2.04. The maximum absolute atomic E-state index is 8.82. The lowest BCUT2D eigenvalue weighted by Crippen LogP contribution is -2.08. The Kier molecular flexibility index (Phi) is 3.32. The third-order valence-electron chi connectivity index (χ3n) is 3.15. The Morgan fingerprint density at radius 2 is 2.00 bits per heavy atom. The minimum absolute atomic E-state index is 0.112. The lowest BCUT2D eigenvalue weighted by Gasteiger charge is -2.15. The van der Waals surface area contributed by atoms with E-state index < -0.39 is 0 Å². The molecule has 3 aromatic rings. The highest BCUT2D eigenvalue weighted by Crippen LogP contribution is 2.26. The molecule has 20 heavy (non-hydrogen) atoms. The summed E-state index contributed by atoms with van der Waals surface area (Å²) in [5.41, 5.74) is 1.79. The molecule has 5 heteroatoms. The molecular weight excluding hydrogens is 268 g/mol. The Bertz CT molecular complexity index is 770. The molecule has 0 aliphatic rings. The number of nitriles is 1. The highest BCUT2D eigenvalue weighted by molar-refractivity contribution is 7.16. The topological polar surface area (TPSA) is 61.6 Å². The summed E-state index contributed by atoms with van der Waals surface area (Å²) in [6, 6.07) is 11.8. The van der Waals surface area contributed by atoms with E-state index in [1.54, 1.807) is 17.7 Å². The fraction of sp³-hybridized carbons (Fsp3) is 0.133. The molecular formula is C15H12N4S. The summed E-state index contributed by atoms with van der Waals surface area (Å²) in [5, 5.41) is 15.3. The second-order valence-electron chi connectivity index (χ2n) is 4.46. The largest absolute Gasteiger partial charge is 0.363 e. The highest BCUT2D eigenvalue weighted by Gasteiger charge is 2.09. The van der Waals surface area contributed by atoms with Crippen molar-refractivity contribution in [3.05, 3.63) is 53.2 Å². The van der Waals surface area contributed by atoms with Gasteiger partial charge in [0.25, 0.3) is 0 Å². The number of nitrogens with zero attached hydrogens (tertiary/aromatic N) is 3. The molecule has 98 valence electrons. The van der Waals surface area contributed by atoms with Crippen LogP contribution in [0.3, 0.4) is 0 Å².